The van der Waals surface area contributed by atoms with Crippen LogP contribution in [0.15, 0.2) is 5.16 Å². The van der Waals surface area contributed by atoms with Crippen LogP contribution in [0.2, 0.25) is 0 Å². The van der Waals surface area contributed by atoms with E-state index in [1.54, 1.807) is 55.6 Å². The predicted molar refractivity (Wildman–Crippen MR) is 212 cm³/mol. The van der Waals surface area contributed by atoms with E-state index in [0.717, 1.165) is 0 Å². The summed E-state index contributed by atoms with van der Waals surface area (Å²) in [6.07, 6.45) is -9.49. The molecule has 0 radical (unpaired) electrons. The van der Waals surface area contributed by atoms with Gasteiger partial charge in [-0.15, -0.1) is 0 Å². The minimum absolute atomic E-state index is 0.0307. The molecule has 0 saturated carbocycles. The molecule has 3 fully saturated rings. The molecule has 17 heteroatoms. The average Bonchev–Trinajstić information content (AvgIpc) is 3.15. The van der Waals surface area contributed by atoms with Crippen LogP contribution in [-0.4, -0.2) is 175 Å². The van der Waals surface area contributed by atoms with Crippen LogP contribution in [0.5, 0.6) is 0 Å². The lowest BCUT2D eigenvalue weighted by atomic mass is 9.73. The lowest BCUT2D eigenvalue weighted by molar-refractivity contribution is -0.317. The van der Waals surface area contributed by atoms with Gasteiger partial charge in [0.1, 0.15) is 23.9 Å². The van der Waals surface area contributed by atoms with Crippen molar-refractivity contribution in [3.63, 3.8) is 0 Å². The molecule has 18 atom stereocenters. The fraction of sp³-hybridized carbons (Fsp3) is 0.951. The summed E-state index contributed by atoms with van der Waals surface area (Å²) in [7, 11) is 6.76. The van der Waals surface area contributed by atoms with Gasteiger partial charge < -0.3 is 73.2 Å². The summed E-state index contributed by atoms with van der Waals surface area (Å²) in [6.45, 7) is 17.3. The van der Waals surface area contributed by atoms with Crippen molar-refractivity contribution in [1.82, 2.24) is 4.90 Å². The zero-order valence-corrected chi connectivity index (χ0v) is 37.3. The summed E-state index contributed by atoms with van der Waals surface area (Å²) in [6, 6.07) is -0.328. The number of aliphatic hydroxyl groups excluding tert-OH is 3. The molecular weight excluding hydrogens is 760 g/mol. The third kappa shape index (κ3) is 12.1. The van der Waals surface area contributed by atoms with Gasteiger partial charge in [-0.05, 0) is 74.9 Å². The number of hydrogen-bond donors (Lipinski definition) is 5. The number of esters is 1. The second-order valence-electron chi connectivity index (χ2n) is 17.7. The lowest BCUT2D eigenvalue weighted by Crippen LogP contribution is -2.61. The molecule has 3 aliphatic rings. The number of oxime groups is 1. The highest BCUT2D eigenvalue weighted by Crippen LogP contribution is 2.41. The van der Waals surface area contributed by atoms with Crippen LogP contribution in [0.1, 0.15) is 94.9 Å². The van der Waals surface area contributed by atoms with Crippen LogP contribution in [0.4, 0.5) is 0 Å². The number of carbonyl (C=O) groups is 1. The third-order valence-electron chi connectivity index (χ3n) is 12.6. The Morgan fingerprint density at radius 2 is 1.55 bits per heavy atom. The molecular formula is C41H76N2O15. The molecule has 3 saturated heterocycles. The van der Waals surface area contributed by atoms with Gasteiger partial charge in [-0.25, -0.2) is 0 Å². The van der Waals surface area contributed by atoms with Gasteiger partial charge in [-0.1, -0.05) is 32.9 Å². The maximum Gasteiger partial charge on any atom is 0.311 e. The topological polar surface area (TPSA) is 217 Å². The van der Waals surface area contributed by atoms with Gasteiger partial charge in [0.25, 0.3) is 0 Å². The number of carbonyl (C=O) groups excluding carboxylic acids is 1. The number of cyclic esters (lactones) is 1. The summed E-state index contributed by atoms with van der Waals surface area (Å²) in [5.74, 6) is -4.14. The van der Waals surface area contributed by atoms with Crippen molar-refractivity contribution < 1.29 is 73.1 Å². The second-order valence-corrected chi connectivity index (χ2v) is 17.7. The Bertz CT molecular complexity index is 1300. The SMILES string of the molecule is CC[C@@H]1OC(=O)[C@H](C)[C@H](O[C@@H]2C[C@](C)(OC)[C@H](O)[C@H](C)O2)[C@H](C)[C@H](O[C@@H]2O[C@H](C)C[C@H](N(C)C)[C@@H]2O)[C@](C)(O)C[C@H](C)/C(=N/OCOCCOC)[C@H](C)[C@@H](O)[C@@]1(C)O. The summed E-state index contributed by atoms with van der Waals surface area (Å²) in [4.78, 5) is 21.8. The first-order chi connectivity index (χ1) is 27.0. The number of rotatable bonds is 13. The van der Waals surface area contributed by atoms with Crippen LogP contribution >= 0.6 is 0 Å². The Kier molecular flexibility index (Phi) is 18.8. The monoisotopic (exact) mass is 837 g/mol. The van der Waals surface area contributed by atoms with Gasteiger partial charge in [0.2, 0.25) is 6.79 Å². The maximum atomic E-state index is 14.3. The number of methoxy groups -OCH3 is 2. The number of aliphatic hydroxyl groups is 5. The van der Waals surface area contributed by atoms with E-state index in [0.29, 0.717) is 18.7 Å². The van der Waals surface area contributed by atoms with E-state index in [9.17, 15) is 30.3 Å². The van der Waals surface area contributed by atoms with E-state index in [1.165, 1.54) is 14.0 Å². The molecule has 0 bridgehead atoms. The Morgan fingerprint density at radius 3 is 2.14 bits per heavy atom. The first-order valence-electron chi connectivity index (χ1n) is 20.8. The summed E-state index contributed by atoms with van der Waals surface area (Å²) in [5.41, 5.74) is -4.49. The quantitative estimate of drug-likeness (QED) is 0.0778. The average molecular weight is 837 g/mol. The van der Waals surface area contributed by atoms with Gasteiger partial charge >= 0.3 is 5.97 Å². The van der Waals surface area contributed by atoms with Crippen molar-refractivity contribution in [2.45, 2.75) is 179 Å². The van der Waals surface area contributed by atoms with Crippen LogP contribution in [0.25, 0.3) is 0 Å². The summed E-state index contributed by atoms with van der Waals surface area (Å²) >= 11 is 0. The molecule has 0 aromatic rings. The van der Waals surface area contributed by atoms with Crippen molar-refractivity contribution in [3.05, 3.63) is 0 Å². The molecule has 3 aliphatic heterocycles. The number of hydrogen-bond acceptors (Lipinski definition) is 17. The van der Waals surface area contributed by atoms with Crippen LogP contribution < -0.4 is 0 Å². The zero-order chi connectivity index (χ0) is 43.9. The highest BCUT2D eigenvalue weighted by atomic mass is 16.7. The predicted octanol–water partition coefficient (Wildman–Crippen LogP) is 2.21. The highest BCUT2D eigenvalue weighted by molar-refractivity contribution is 5.88. The van der Waals surface area contributed by atoms with E-state index in [-0.39, 0.29) is 44.8 Å². The molecule has 0 unspecified atom stereocenters. The van der Waals surface area contributed by atoms with Gasteiger partial charge in [-0.2, -0.15) is 0 Å². The van der Waals surface area contributed by atoms with Crippen molar-refractivity contribution in [2.75, 3.05) is 48.3 Å². The van der Waals surface area contributed by atoms with Crippen LogP contribution in [0, 0.1) is 23.7 Å². The molecule has 3 rings (SSSR count). The van der Waals surface area contributed by atoms with Crippen molar-refractivity contribution in [2.24, 2.45) is 28.8 Å². The normalized spacial score (nSPS) is 45.8. The molecule has 0 aromatic carbocycles. The molecule has 58 heavy (non-hydrogen) atoms. The fourth-order valence-electron chi connectivity index (χ4n) is 8.93. The first-order valence-corrected chi connectivity index (χ1v) is 20.8. The van der Waals surface area contributed by atoms with Crippen molar-refractivity contribution in [3.8, 4) is 0 Å². The Labute approximate surface area is 345 Å². The fourth-order valence-corrected chi connectivity index (χ4v) is 8.93. The van der Waals surface area contributed by atoms with Gasteiger partial charge in [-0.3, -0.25) is 4.79 Å². The number of ether oxygens (including phenoxy) is 8. The second kappa shape index (κ2) is 21.5. The minimum Gasteiger partial charge on any atom is -0.459 e. The zero-order valence-electron chi connectivity index (χ0n) is 37.3. The smallest absolute Gasteiger partial charge is 0.311 e. The minimum atomic E-state index is -1.97. The highest BCUT2D eigenvalue weighted by Gasteiger charge is 2.53. The lowest BCUT2D eigenvalue weighted by Gasteiger charge is -2.49. The Hall–Kier alpha value is -1.58. The molecule has 5 N–H and O–H groups in total. The third-order valence-corrected chi connectivity index (χ3v) is 12.6. The molecule has 0 aliphatic carbocycles. The van der Waals surface area contributed by atoms with E-state index >= 15 is 0 Å². The van der Waals surface area contributed by atoms with Gasteiger partial charge in [0.15, 0.2) is 12.6 Å². The largest absolute Gasteiger partial charge is 0.459 e. The van der Waals surface area contributed by atoms with Crippen LogP contribution in [-0.2, 0) is 47.5 Å². The molecule has 0 aromatic heterocycles. The van der Waals surface area contributed by atoms with E-state index in [2.05, 4.69) is 5.16 Å². The van der Waals surface area contributed by atoms with E-state index in [1.807, 2.05) is 32.8 Å². The number of nitrogens with zero attached hydrogens (tertiary/aromatic N) is 2. The summed E-state index contributed by atoms with van der Waals surface area (Å²) < 4.78 is 48.1. The molecule has 0 spiro atoms. The van der Waals surface area contributed by atoms with Crippen molar-refractivity contribution in [1.29, 1.82) is 0 Å². The van der Waals surface area contributed by atoms with Gasteiger partial charge in [0.05, 0.1) is 66.6 Å². The molecule has 0 amide bonds. The maximum absolute atomic E-state index is 14.3. The Morgan fingerprint density at radius 1 is 0.897 bits per heavy atom. The standard InChI is InChI=1S/C41H76N2O15/c1-15-29-41(10,49)34(45)24(4)31(42-53-21-52-17-16-50-13)22(2)19-39(8,48)36(58-38-32(44)28(43(11)12)18-23(3)54-38)25(5)33(26(6)37(47)56-29)57-30-20-40(9,51-14)35(46)27(7)55-30/h22-30,32-36,38,44-46,48-49H,15-21H2,1-14H3/b42-31-/t22-,23+,24-,25-,26+,27-,28-,29-,30+,32-,33+,34+,35+,36-,38-,39+,40-,41-/m0/s1. The van der Waals surface area contributed by atoms with Gasteiger partial charge in [0, 0.05) is 44.4 Å². The van der Waals surface area contributed by atoms with E-state index in [4.69, 9.17) is 42.7 Å². The first kappa shape index (κ1) is 50.8. The summed E-state index contributed by atoms with van der Waals surface area (Å²) in [5, 5.41) is 63.6. The van der Waals surface area contributed by atoms with E-state index < -0.39 is 102 Å². The Balaban J connectivity index is 2.22. The molecule has 3 heterocycles. The molecule has 17 nitrogen and oxygen atoms in total. The van der Waals surface area contributed by atoms with Crippen LogP contribution in [0.3, 0.4) is 0 Å². The van der Waals surface area contributed by atoms with Crippen molar-refractivity contribution >= 4 is 11.7 Å². The molecule has 340 valence electrons. The number of likely N-dealkylation sites (N-methyl/N-ethyl adjacent to an activating group) is 1.